The first-order valence-electron chi connectivity index (χ1n) is 16.3. The van der Waals surface area contributed by atoms with Crippen LogP contribution in [0.5, 0.6) is 0 Å². The van der Waals surface area contributed by atoms with E-state index in [1.165, 1.54) is 92.8 Å². The van der Waals surface area contributed by atoms with Crippen LogP contribution in [0.4, 0.5) is 0 Å². The SMILES string of the molecule is c1ccc2c(c1)ccc1cc(-c3ccc(-c4ccc5c(c4)c4ccccc4n5-c4cc5ccccc5c5ccccc45)cc3)ccc12. The van der Waals surface area contributed by atoms with Gasteiger partial charge in [0.15, 0.2) is 0 Å². The fourth-order valence-electron chi connectivity index (χ4n) is 7.68. The average molecular weight is 596 g/mol. The van der Waals surface area contributed by atoms with Gasteiger partial charge in [0.1, 0.15) is 0 Å². The molecule has 0 aliphatic rings. The fraction of sp³-hybridized carbons (Fsp3) is 0. The average Bonchev–Trinajstić information content (AvgIpc) is 3.48. The molecule has 0 saturated carbocycles. The summed E-state index contributed by atoms with van der Waals surface area (Å²) in [6.45, 7) is 0. The second kappa shape index (κ2) is 10.2. The second-order valence-electron chi connectivity index (χ2n) is 12.5. The second-order valence-corrected chi connectivity index (χ2v) is 12.5. The van der Waals surface area contributed by atoms with Crippen LogP contribution < -0.4 is 0 Å². The molecule has 1 aromatic heterocycles. The summed E-state index contributed by atoms with van der Waals surface area (Å²) in [5.74, 6) is 0. The molecular weight excluding hydrogens is 567 g/mol. The molecule has 1 heteroatoms. The van der Waals surface area contributed by atoms with Crippen molar-refractivity contribution in [3.8, 4) is 27.9 Å². The Balaban J connectivity index is 1.09. The third-order valence-electron chi connectivity index (χ3n) is 9.96. The Hall–Kier alpha value is -6.18. The normalized spacial score (nSPS) is 11.8. The van der Waals surface area contributed by atoms with Crippen LogP contribution in [-0.4, -0.2) is 4.57 Å². The molecule has 0 bridgehead atoms. The van der Waals surface area contributed by atoms with Gasteiger partial charge in [-0.15, -0.1) is 0 Å². The van der Waals surface area contributed by atoms with E-state index in [2.05, 4.69) is 180 Å². The van der Waals surface area contributed by atoms with Gasteiger partial charge >= 0.3 is 0 Å². The zero-order valence-electron chi connectivity index (χ0n) is 25.7. The molecule has 0 fully saturated rings. The summed E-state index contributed by atoms with van der Waals surface area (Å²) in [6, 6.07) is 64.6. The molecule has 0 spiro atoms. The third-order valence-corrected chi connectivity index (χ3v) is 9.96. The van der Waals surface area contributed by atoms with Gasteiger partial charge < -0.3 is 4.57 Å². The van der Waals surface area contributed by atoms with Gasteiger partial charge in [0.2, 0.25) is 0 Å². The van der Waals surface area contributed by atoms with E-state index in [9.17, 15) is 0 Å². The maximum atomic E-state index is 2.45. The van der Waals surface area contributed by atoms with Crippen molar-refractivity contribution in [3.63, 3.8) is 0 Å². The van der Waals surface area contributed by atoms with Crippen LogP contribution >= 0.6 is 0 Å². The Morgan fingerprint density at radius 1 is 0.255 bits per heavy atom. The van der Waals surface area contributed by atoms with E-state index in [0.717, 1.165) is 0 Å². The fourth-order valence-corrected chi connectivity index (χ4v) is 7.68. The molecule has 0 atom stereocenters. The minimum Gasteiger partial charge on any atom is -0.309 e. The van der Waals surface area contributed by atoms with Crippen LogP contribution in [0, 0.1) is 0 Å². The van der Waals surface area contributed by atoms with Crippen molar-refractivity contribution in [1.29, 1.82) is 0 Å². The molecule has 0 N–H and O–H groups in total. The van der Waals surface area contributed by atoms with Gasteiger partial charge in [0, 0.05) is 16.2 Å². The number of fused-ring (bicyclic) bond motifs is 9. The molecule has 218 valence electrons. The van der Waals surface area contributed by atoms with Crippen molar-refractivity contribution >= 4 is 64.9 Å². The summed E-state index contributed by atoms with van der Waals surface area (Å²) in [6.07, 6.45) is 0. The summed E-state index contributed by atoms with van der Waals surface area (Å²) in [5, 5.41) is 12.8. The van der Waals surface area contributed by atoms with Crippen LogP contribution in [0.2, 0.25) is 0 Å². The molecule has 1 nitrogen and oxygen atoms in total. The Bertz CT molecular complexity index is 2830. The summed E-state index contributed by atoms with van der Waals surface area (Å²) >= 11 is 0. The van der Waals surface area contributed by atoms with Gasteiger partial charge in [0.05, 0.1) is 16.7 Å². The lowest BCUT2D eigenvalue weighted by Gasteiger charge is -2.14. The molecule has 0 amide bonds. The van der Waals surface area contributed by atoms with Crippen LogP contribution in [0.25, 0.3) is 92.8 Å². The first-order chi connectivity index (χ1) is 23.3. The number of hydrogen-bond acceptors (Lipinski definition) is 0. The predicted octanol–water partition coefficient (Wildman–Crippen LogP) is 12.7. The highest BCUT2D eigenvalue weighted by atomic mass is 15.0. The van der Waals surface area contributed by atoms with E-state index >= 15 is 0 Å². The van der Waals surface area contributed by atoms with Gasteiger partial charge in [-0.3, -0.25) is 0 Å². The Morgan fingerprint density at radius 2 is 0.745 bits per heavy atom. The van der Waals surface area contributed by atoms with Gasteiger partial charge in [-0.25, -0.2) is 0 Å². The summed E-state index contributed by atoms with van der Waals surface area (Å²) < 4.78 is 2.45. The predicted molar refractivity (Wildman–Crippen MR) is 202 cm³/mol. The first kappa shape index (κ1) is 26.1. The molecule has 10 aromatic rings. The van der Waals surface area contributed by atoms with Crippen molar-refractivity contribution < 1.29 is 0 Å². The van der Waals surface area contributed by atoms with E-state index in [0.29, 0.717) is 0 Å². The maximum absolute atomic E-state index is 2.45. The highest BCUT2D eigenvalue weighted by Crippen LogP contribution is 2.39. The van der Waals surface area contributed by atoms with Gasteiger partial charge in [-0.2, -0.15) is 0 Å². The standard InChI is InChI=1S/C46H29N/c1-3-11-37-32(9-1)21-22-36-27-33(23-25-39(36)37)30-17-19-31(20-18-30)34-24-26-45-43(28-34)42-15-7-8-16-44(42)47(45)46-29-35-10-2-4-12-38(35)40-13-5-6-14-41(40)46/h1-29H. The van der Waals surface area contributed by atoms with Crippen LogP contribution in [-0.2, 0) is 0 Å². The van der Waals surface area contributed by atoms with Crippen molar-refractivity contribution in [2.45, 2.75) is 0 Å². The highest BCUT2D eigenvalue weighted by Gasteiger charge is 2.16. The Labute approximate surface area is 272 Å². The van der Waals surface area contributed by atoms with Gasteiger partial charge in [0.25, 0.3) is 0 Å². The summed E-state index contributed by atoms with van der Waals surface area (Å²) in [4.78, 5) is 0. The quantitative estimate of drug-likeness (QED) is 0.179. The summed E-state index contributed by atoms with van der Waals surface area (Å²) in [5.41, 5.74) is 8.56. The first-order valence-corrected chi connectivity index (χ1v) is 16.3. The zero-order valence-corrected chi connectivity index (χ0v) is 25.7. The van der Waals surface area contributed by atoms with Crippen molar-refractivity contribution in [1.82, 2.24) is 4.57 Å². The van der Waals surface area contributed by atoms with Crippen LogP contribution in [0.3, 0.4) is 0 Å². The molecular formula is C46H29N. The van der Waals surface area contributed by atoms with E-state index in [1.807, 2.05) is 0 Å². The molecule has 10 rings (SSSR count). The van der Waals surface area contributed by atoms with Gasteiger partial charge in [-0.1, -0.05) is 146 Å². The van der Waals surface area contributed by atoms with Crippen molar-refractivity contribution in [2.24, 2.45) is 0 Å². The van der Waals surface area contributed by atoms with Crippen LogP contribution in [0.1, 0.15) is 0 Å². The molecule has 1 heterocycles. The monoisotopic (exact) mass is 595 g/mol. The lowest BCUT2D eigenvalue weighted by atomic mass is 9.96. The van der Waals surface area contributed by atoms with Crippen LogP contribution in [0.15, 0.2) is 176 Å². The molecule has 9 aromatic carbocycles. The highest BCUT2D eigenvalue weighted by molar-refractivity contribution is 6.15. The number of aromatic nitrogens is 1. The lowest BCUT2D eigenvalue weighted by Crippen LogP contribution is -1.96. The molecule has 0 saturated heterocycles. The van der Waals surface area contributed by atoms with E-state index in [4.69, 9.17) is 0 Å². The van der Waals surface area contributed by atoms with E-state index in [1.54, 1.807) is 0 Å². The number of nitrogens with zero attached hydrogens (tertiary/aromatic N) is 1. The van der Waals surface area contributed by atoms with Gasteiger partial charge in [-0.05, 0) is 90.3 Å². The number of para-hydroxylation sites is 1. The molecule has 47 heavy (non-hydrogen) atoms. The lowest BCUT2D eigenvalue weighted by molar-refractivity contribution is 1.20. The molecule has 0 aliphatic carbocycles. The number of hydrogen-bond donors (Lipinski definition) is 0. The molecule has 0 unspecified atom stereocenters. The minimum atomic E-state index is 1.21. The number of rotatable bonds is 3. The van der Waals surface area contributed by atoms with E-state index < -0.39 is 0 Å². The molecule has 0 radical (unpaired) electrons. The topological polar surface area (TPSA) is 4.93 Å². The smallest absolute Gasteiger partial charge is 0.0546 e. The molecule has 0 aliphatic heterocycles. The maximum Gasteiger partial charge on any atom is 0.0546 e. The zero-order chi connectivity index (χ0) is 30.9. The Kier molecular flexibility index (Phi) is 5.64. The van der Waals surface area contributed by atoms with Crippen molar-refractivity contribution in [2.75, 3.05) is 0 Å². The third kappa shape index (κ3) is 4.03. The van der Waals surface area contributed by atoms with E-state index in [-0.39, 0.29) is 0 Å². The Morgan fingerprint density at radius 3 is 1.53 bits per heavy atom. The largest absolute Gasteiger partial charge is 0.309 e. The van der Waals surface area contributed by atoms with Crippen molar-refractivity contribution in [3.05, 3.63) is 176 Å². The number of benzene rings is 9. The minimum absolute atomic E-state index is 1.21. The summed E-state index contributed by atoms with van der Waals surface area (Å²) in [7, 11) is 0.